The fourth-order valence-corrected chi connectivity index (χ4v) is 2.00. The van der Waals surface area contributed by atoms with Crippen molar-refractivity contribution in [2.45, 2.75) is 24.1 Å². The summed E-state index contributed by atoms with van der Waals surface area (Å²) >= 11 is 0.757. The first-order chi connectivity index (χ1) is 6.95. The lowest BCUT2D eigenvalue weighted by atomic mass is 10.3. The second-order valence-corrected chi connectivity index (χ2v) is 4.29. The van der Waals surface area contributed by atoms with E-state index < -0.39 is 18.0 Å². The van der Waals surface area contributed by atoms with Crippen LogP contribution in [0, 0.1) is 6.92 Å². The topological polar surface area (TPSA) is 39.2 Å². The van der Waals surface area contributed by atoms with Gasteiger partial charge in [0, 0.05) is 6.54 Å². The van der Waals surface area contributed by atoms with Crippen LogP contribution in [0.25, 0.3) is 0 Å². The predicted octanol–water partition coefficient (Wildman–Crippen LogP) is 2.71. The van der Waals surface area contributed by atoms with Gasteiger partial charge in [0.05, 0.1) is 12.0 Å². The number of alkyl halides is 3. The van der Waals surface area contributed by atoms with Gasteiger partial charge < -0.3 is 10.2 Å². The van der Waals surface area contributed by atoms with Crippen LogP contribution in [0.15, 0.2) is 16.7 Å². The highest BCUT2D eigenvalue weighted by Crippen LogP contribution is 2.32. The maximum absolute atomic E-state index is 12.3. The fourth-order valence-electron chi connectivity index (χ4n) is 1.02. The average molecular weight is 239 g/mol. The molecule has 0 aliphatic carbocycles. The molecule has 1 aromatic heterocycles. The van der Waals surface area contributed by atoms with E-state index in [1.165, 1.54) is 6.26 Å². The minimum atomic E-state index is -4.25. The van der Waals surface area contributed by atoms with E-state index in [4.69, 9.17) is 10.2 Å². The summed E-state index contributed by atoms with van der Waals surface area (Å²) in [6, 6.07) is 1.72. The minimum absolute atomic E-state index is 0.195. The quantitative estimate of drug-likeness (QED) is 0.878. The number of furan rings is 1. The van der Waals surface area contributed by atoms with Crippen LogP contribution < -0.4 is 5.73 Å². The zero-order valence-corrected chi connectivity index (χ0v) is 8.99. The average Bonchev–Trinajstić information content (AvgIpc) is 2.50. The summed E-state index contributed by atoms with van der Waals surface area (Å²) in [5.41, 5.74) is 5.93. The number of thioether (sulfide) groups is 1. The summed E-state index contributed by atoms with van der Waals surface area (Å²) in [4.78, 5) is 0. The molecule has 1 rings (SSSR count). The number of hydrogen-bond donors (Lipinski definition) is 1. The van der Waals surface area contributed by atoms with Crippen molar-refractivity contribution in [1.29, 1.82) is 0 Å². The molecule has 2 N–H and O–H groups in total. The molecule has 1 unspecified atom stereocenters. The van der Waals surface area contributed by atoms with Crippen molar-refractivity contribution in [2.75, 3.05) is 6.54 Å². The van der Waals surface area contributed by atoms with Crippen LogP contribution in [0.2, 0.25) is 0 Å². The van der Waals surface area contributed by atoms with E-state index in [1.54, 1.807) is 13.0 Å². The van der Waals surface area contributed by atoms with Crippen molar-refractivity contribution >= 4 is 11.8 Å². The fraction of sp³-hybridized carbons (Fsp3) is 0.556. The van der Waals surface area contributed by atoms with Crippen LogP contribution in [-0.4, -0.2) is 18.0 Å². The second-order valence-electron chi connectivity index (χ2n) is 3.10. The SMILES string of the molecule is Cc1ccoc1CSC(CN)C(F)(F)F. The first-order valence-electron chi connectivity index (χ1n) is 4.36. The van der Waals surface area contributed by atoms with E-state index in [0.29, 0.717) is 5.76 Å². The standard InChI is InChI=1S/C9H12F3NOS/c1-6-2-3-14-7(6)5-15-8(4-13)9(10,11)12/h2-3,8H,4-5,13H2,1H3. The lowest BCUT2D eigenvalue weighted by Crippen LogP contribution is -2.33. The van der Waals surface area contributed by atoms with Crippen molar-refractivity contribution in [3.8, 4) is 0 Å². The first-order valence-corrected chi connectivity index (χ1v) is 5.41. The van der Waals surface area contributed by atoms with Crippen molar-refractivity contribution in [3.05, 3.63) is 23.7 Å². The van der Waals surface area contributed by atoms with Crippen molar-refractivity contribution in [3.63, 3.8) is 0 Å². The van der Waals surface area contributed by atoms with Crippen LogP contribution in [0.4, 0.5) is 13.2 Å². The Hall–Kier alpha value is -0.620. The maximum Gasteiger partial charge on any atom is 0.401 e. The predicted molar refractivity (Wildman–Crippen MR) is 53.6 cm³/mol. The van der Waals surface area contributed by atoms with Gasteiger partial charge in [0.1, 0.15) is 11.0 Å². The third-order valence-electron chi connectivity index (χ3n) is 1.96. The highest BCUT2D eigenvalue weighted by Gasteiger charge is 2.38. The van der Waals surface area contributed by atoms with Gasteiger partial charge in [-0.05, 0) is 18.6 Å². The zero-order valence-electron chi connectivity index (χ0n) is 8.17. The Kier molecular flexibility index (Phi) is 4.10. The Balaban J connectivity index is 2.52. The third kappa shape index (κ3) is 3.46. The molecule has 86 valence electrons. The lowest BCUT2D eigenvalue weighted by molar-refractivity contribution is -0.126. The summed E-state index contributed by atoms with van der Waals surface area (Å²) in [7, 11) is 0. The molecule has 0 saturated carbocycles. The normalized spacial score (nSPS) is 14.2. The number of rotatable bonds is 4. The van der Waals surface area contributed by atoms with E-state index in [0.717, 1.165) is 17.3 Å². The Morgan fingerprint density at radius 2 is 2.20 bits per heavy atom. The summed E-state index contributed by atoms with van der Waals surface area (Å²) in [5.74, 6) is 0.767. The van der Waals surface area contributed by atoms with Gasteiger partial charge in [0.15, 0.2) is 0 Å². The molecule has 0 aliphatic rings. The van der Waals surface area contributed by atoms with E-state index in [9.17, 15) is 13.2 Å². The molecule has 1 heterocycles. The highest BCUT2D eigenvalue weighted by atomic mass is 32.2. The second kappa shape index (κ2) is 4.94. The molecular weight excluding hydrogens is 227 g/mol. The highest BCUT2D eigenvalue weighted by molar-refractivity contribution is 7.99. The maximum atomic E-state index is 12.3. The Bertz CT molecular complexity index is 311. The molecule has 6 heteroatoms. The van der Waals surface area contributed by atoms with Crippen LogP contribution >= 0.6 is 11.8 Å². The van der Waals surface area contributed by atoms with Crippen LogP contribution in [0.3, 0.4) is 0 Å². The van der Waals surface area contributed by atoms with E-state index >= 15 is 0 Å². The molecule has 1 atom stereocenters. The lowest BCUT2D eigenvalue weighted by Gasteiger charge is -2.17. The molecule has 0 aliphatic heterocycles. The van der Waals surface area contributed by atoms with Gasteiger partial charge in [0.25, 0.3) is 0 Å². The van der Waals surface area contributed by atoms with Gasteiger partial charge >= 0.3 is 6.18 Å². The van der Waals surface area contributed by atoms with Crippen molar-refractivity contribution in [2.24, 2.45) is 5.73 Å². The third-order valence-corrected chi connectivity index (χ3v) is 3.25. The number of aryl methyl sites for hydroxylation is 1. The first kappa shape index (κ1) is 12.4. The molecule has 0 radical (unpaired) electrons. The molecule has 0 aromatic carbocycles. The van der Waals surface area contributed by atoms with Crippen LogP contribution in [0.1, 0.15) is 11.3 Å². The Labute approximate surface area is 90.0 Å². The Morgan fingerprint density at radius 1 is 1.53 bits per heavy atom. The molecule has 2 nitrogen and oxygen atoms in total. The van der Waals surface area contributed by atoms with Crippen LogP contribution in [0.5, 0.6) is 0 Å². The molecule has 0 spiro atoms. The van der Waals surface area contributed by atoms with Crippen molar-refractivity contribution in [1.82, 2.24) is 0 Å². The number of hydrogen-bond acceptors (Lipinski definition) is 3. The molecular formula is C9H12F3NOS. The van der Waals surface area contributed by atoms with Gasteiger partial charge in [-0.3, -0.25) is 0 Å². The Morgan fingerprint density at radius 3 is 2.60 bits per heavy atom. The van der Waals surface area contributed by atoms with Gasteiger partial charge in [-0.15, -0.1) is 11.8 Å². The summed E-state index contributed by atoms with van der Waals surface area (Å²) in [6.07, 6.45) is -2.78. The summed E-state index contributed by atoms with van der Waals surface area (Å²) in [6.45, 7) is 1.39. The molecule has 1 aromatic rings. The molecule has 0 saturated heterocycles. The molecule has 15 heavy (non-hydrogen) atoms. The number of nitrogens with two attached hydrogens (primary N) is 1. The van der Waals surface area contributed by atoms with E-state index in [-0.39, 0.29) is 5.75 Å². The van der Waals surface area contributed by atoms with Crippen molar-refractivity contribution < 1.29 is 17.6 Å². The van der Waals surface area contributed by atoms with E-state index in [2.05, 4.69) is 0 Å². The van der Waals surface area contributed by atoms with Gasteiger partial charge in [0.2, 0.25) is 0 Å². The smallest absolute Gasteiger partial charge is 0.401 e. The van der Waals surface area contributed by atoms with Gasteiger partial charge in [-0.25, -0.2) is 0 Å². The minimum Gasteiger partial charge on any atom is -0.468 e. The molecule has 0 fully saturated rings. The van der Waals surface area contributed by atoms with Gasteiger partial charge in [-0.1, -0.05) is 0 Å². The molecule has 0 bridgehead atoms. The zero-order chi connectivity index (χ0) is 11.5. The molecule has 0 amide bonds. The van der Waals surface area contributed by atoms with E-state index in [1.807, 2.05) is 0 Å². The summed E-state index contributed by atoms with van der Waals surface area (Å²) < 4.78 is 42.0. The van der Waals surface area contributed by atoms with Crippen LogP contribution in [-0.2, 0) is 5.75 Å². The number of halogens is 3. The monoisotopic (exact) mass is 239 g/mol. The van der Waals surface area contributed by atoms with Gasteiger partial charge in [-0.2, -0.15) is 13.2 Å². The summed E-state index contributed by atoms with van der Waals surface area (Å²) in [5, 5.41) is -1.53. The largest absolute Gasteiger partial charge is 0.468 e.